The highest BCUT2D eigenvalue weighted by Gasteiger charge is 2.21. The fourth-order valence-electron chi connectivity index (χ4n) is 3.67. The number of carbonyl (C=O) groups is 1. The molecular formula is C27H27N5O5S2. The fourth-order valence-corrected chi connectivity index (χ4v) is 6.02. The van der Waals surface area contributed by atoms with Crippen LogP contribution in [-0.2, 0) is 20.0 Å². The number of anilines is 3. The lowest BCUT2D eigenvalue weighted by molar-refractivity contribution is 0.102. The predicted octanol–water partition coefficient (Wildman–Crippen LogP) is 4.56. The van der Waals surface area contributed by atoms with Gasteiger partial charge in [0.05, 0.1) is 15.5 Å². The Morgan fingerprint density at radius 3 is 2.13 bits per heavy atom. The first kappa shape index (κ1) is 27.7. The van der Waals surface area contributed by atoms with Crippen molar-refractivity contribution in [3.63, 3.8) is 0 Å². The van der Waals surface area contributed by atoms with E-state index in [2.05, 4.69) is 24.7 Å². The average Bonchev–Trinajstić information content (AvgIpc) is 2.86. The van der Waals surface area contributed by atoms with Crippen LogP contribution in [0.1, 0.15) is 32.7 Å². The molecule has 12 heteroatoms. The molecule has 0 aliphatic rings. The Kier molecular flexibility index (Phi) is 7.70. The normalized spacial score (nSPS) is 11.6. The second-order valence-electron chi connectivity index (χ2n) is 9.01. The van der Waals surface area contributed by atoms with Gasteiger partial charge < -0.3 is 5.32 Å². The molecule has 0 radical (unpaired) electrons. The van der Waals surface area contributed by atoms with Crippen LogP contribution in [0.25, 0.3) is 0 Å². The van der Waals surface area contributed by atoms with E-state index in [1.165, 1.54) is 42.6 Å². The van der Waals surface area contributed by atoms with Gasteiger partial charge in [-0.15, -0.1) is 0 Å². The van der Waals surface area contributed by atoms with E-state index in [0.29, 0.717) is 22.6 Å². The zero-order chi connectivity index (χ0) is 28.4. The van der Waals surface area contributed by atoms with E-state index in [1.54, 1.807) is 39.0 Å². The lowest BCUT2D eigenvalue weighted by Gasteiger charge is -2.14. The molecule has 0 fully saturated rings. The number of hydrogen-bond acceptors (Lipinski definition) is 7. The monoisotopic (exact) mass is 565 g/mol. The molecule has 1 heterocycles. The summed E-state index contributed by atoms with van der Waals surface area (Å²) >= 11 is 0. The van der Waals surface area contributed by atoms with E-state index < -0.39 is 26.0 Å². The molecule has 3 N–H and O–H groups in total. The fraction of sp³-hybridized carbons (Fsp3) is 0.148. The molecule has 0 aliphatic carbocycles. The van der Waals surface area contributed by atoms with Crippen LogP contribution in [0.5, 0.6) is 0 Å². The van der Waals surface area contributed by atoms with Gasteiger partial charge >= 0.3 is 0 Å². The molecule has 3 aromatic carbocycles. The average molecular weight is 566 g/mol. The molecule has 0 aliphatic heterocycles. The number of nitrogens with zero attached hydrogens (tertiary/aromatic N) is 2. The lowest BCUT2D eigenvalue weighted by atomic mass is 10.1. The van der Waals surface area contributed by atoms with Crippen LogP contribution < -0.4 is 14.8 Å². The smallest absolute Gasteiger partial charge is 0.264 e. The second kappa shape index (κ2) is 10.8. The molecular weight excluding hydrogens is 538 g/mol. The summed E-state index contributed by atoms with van der Waals surface area (Å²) in [5.74, 6) is -0.607. The number of aromatic nitrogens is 2. The van der Waals surface area contributed by atoms with Crippen molar-refractivity contribution in [2.45, 2.75) is 37.5 Å². The molecule has 0 saturated carbocycles. The van der Waals surface area contributed by atoms with Crippen LogP contribution in [0.2, 0.25) is 0 Å². The quantitative estimate of drug-likeness (QED) is 0.284. The molecule has 0 saturated heterocycles. The summed E-state index contributed by atoms with van der Waals surface area (Å²) in [5, 5.41) is 2.66. The maximum absolute atomic E-state index is 13.2. The molecule has 0 unspecified atom stereocenters. The van der Waals surface area contributed by atoms with Crippen LogP contribution in [0.3, 0.4) is 0 Å². The maximum atomic E-state index is 13.2. The Hall–Kier alpha value is -4.29. The SMILES string of the molecule is Cc1ccc(C)c(NS(=O)(=O)c2cc(C(=O)Nc3ccc(S(=O)(=O)Nc4nccc(C)n4)cc3)ccc2C)c1. The molecule has 10 nitrogen and oxygen atoms in total. The standard InChI is InChI=1S/C27H27N5O5S2/c1-17-5-6-18(2)24(15-17)31-39(36,37)25-16-21(8-7-19(25)3)26(33)30-22-9-11-23(12-10-22)38(34,35)32-27-28-14-13-20(4)29-27/h5-16,31H,1-4H3,(H,30,33)(H,28,29,32). The Morgan fingerprint density at radius 1 is 0.744 bits per heavy atom. The second-order valence-corrected chi connectivity index (χ2v) is 12.3. The predicted molar refractivity (Wildman–Crippen MR) is 150 cm³/mol. The van der Waals surface area contributed by atoms with Crippen molar-refractivity contribution in [1.82, 2.24) is 9.97 Å². The number of amides is 1. The van der Waals surface area contributed by atoms with Gasteiger partial charge in [0, 0.05) is 23.1 Å². The Balaban J connectivity index is 1.51. The summed E-state index contributed by atoms with van der Waals surface area (Å²) in [7, 11) is -7.92. The van der Waals surface area contributed by atoms with Gasteiger partial charge in [-0.1, -0.05) is 18.2 Å². The zero-order valence-corrected chi connectivity index (χ0v) is 23.3. The third-order valence-electron chi connectivity index (χ3n) is 5.82. The minimum absolute atomic E-state index is 0.0260. The molecule has 1 aromatic heterocycles. The van der Waals surface area contributed by atoms with E-state index in [4.69, 9.17) is 0 Å². The summed E-state index contributed by atoms with van der Waals surface area (Å²) in [6.45, 7) is 7.03. The molecule has 1 amide bonds. The number of hydrogen-bond donors (Lipinski definition) is 3. The van der Waals surface area contributed by atoms with Crippen molar-refractivity contribution in [3.05, 3.63) is 101 Å². The number of nitrogens with one attached hydrogen (secondary N) is 3. The minimum atomic E-state index is -3.98. The first-order chi connectivity index (χ1) is 18.3. The van der Waals surface area contributed by atoms with E-state index in [9.17, 15) is 21.6 Å². The van der Waals surface area contributed by atoms with Gasteiger partial charge in [-0.3, -0.25) is 9.52 Å². The van der Waals surface area contributed by atoms with Crippen LogP contribution in [-0.4, -0.2) is 32.7 Å². The summed E-state index contributed by atoms with van der Waals surface area (Å²) in [5.41, 5.74) is 3.66. The van der Waals surface area contributed by atoms with Crippen molar-refractivity contribution in [1.29, 1.82) is 0 Å². The summed E-state index contributed by atoms with van der Waals surface area (Å²) in [4.78, 5) is 20.8. The Labute approximate surface area is 227 Å². The maximum Gasteiger partial charge on any atom is 0.264 e. The number of sulfonamides is 2. The highest BCUT2D eigenvalue weighted by Crippen LogP contribution is 2.24. The van der Waals surface area contributed by atoms with Gasteiger partial charge in [-0.2, -0.15) is 0 Å². The van der Waals surface area contributed by atoms with Gasteiger partial charge in [-0.05, 0) is 92.9 Å². The Morgan fingerprint density at radius 2 is 1.44 bits per heavy atom. The highest BCUT2D eigenvalue weighted by molar-refractivity contribution is 7.93. The van der Waals surface area contributed by atoms with E-state index in [0.717, 1.165) is 11.1 Å². The van der Waals surface area contributed by atoms with Crippen molar-refractivity contribution in [2.75, 3.05) is 14.8 Å². The van der Waals surface area contributed by atoms with Gasteiger partial charge in [0.1, 0.15) is 0 Å². The molecule has 0 atom stereocenters. The number of rotatable bonds is 8. The summed E-state index contributed by atoms with van der Waals surface area (Å²) < 4.78 is 56.6. The molecule has 0 bridgehead atoms. The highest BCUT2D eigenvalue weighted by atomic mass is 32.2. The number of aryl methyl sites for hydroxylation is 4. The minimum Gasteiger partial charge on any atom is -0.322 e. The van der Waals surface area contributed by atoms with Crippen molar-refractivity contribution in [2.24, 2.45) is 0 Å². The van der Waals surface area contributed by atoms with Crippen LogP contribution in [0, 0.1) is 27.7 Å². The van der Waals surface area contributed by atoms with Crippen LogP contribution in [0.4, 0.5) is 17.3 Å². The molecule has 39 heavy (non-hydrogen) atoms. The van der Waals surface area contributed by atoms with E-state index in [1.807, 2.05) is 19.1 Å². The third-order valence-corrected chi connectivity index (χ3v) is 8.67. The molecule has 0 spiro atoms. The number of carbonyl (C=O) groups excluding carboxylic acids is 1. The van der Waals surface area contributed by atoms with E-state index >= 15 is 0 Å². The third kappa shape index (κ3) is 6.59. The number of benzene rings is 3. The Bertz CT molecular complexity index is 1770. The largest absolute Gasteiger partial charge is 0.322 e. The molecule has 4 aromatic rings. The van der Waals surface area contributed by atoms with Gasteiger partial charge in [-0.25, -0.2) is 31.5 Å². The lowest BCUT2D eigenvalue weighted by Crippen LogP contribution is -2.18. The first-order valence-electron chi connectivity index (χ1n) is 11.8. The zero-order valence-electron chi connectivity index (χ0n) is 21.7. The van der Waals surface area contributed by atoms with Crippen LogP contribution >= 0.6 is 0 Å². The van der Waals surface area contributed by atoms with Crippen molar-refractivity contribution >= 4 is 43.3 Å². The van der Waals surface area contributed by atoms with Crippen molar-refractivity contribution in [3.8, 4) is 0 Å². The molecule has 4 rings (SSSR count). The first-order valence-corrected chi connectivity index (χ1v) is 14.8. The van der Waals surface area contributed by atoms with Crippen LogP contribution in [0.15, 0.2) is 82.7 Å². The van der Waals surface area contributed by atoms with Gasteiger partial charge in [0.25, 0.3) is 26.0 Å². The summed E-state index contributed by atoms with van der Waals surface area (Å²) in [6, 6.07) is 17.0. The molecule has 202 valence electrons. The topological polar surface area (TPSA) is 147 Å². The summed E-state index contributed by atoms with van der Waals surface area (Å²) in [6.07, 6.45) is 1.44. The van der Waals surface area contributed by atoms with Gasteiger partial charge in [0.2, 0.25) is 5.95 Å². The van der Waals surface area contributed by atoms with Crippen molar-refractivity contribution < 1.29 is 21.6 Å². The van der Waals surface area contributed by atoms with E-state index in [-0.39, 0.29) is 21.3 Å². The van der Waals surface area contributed by atoms with Gasteiger partial charge in [0.15, 0.2) is 0 Å².